The van der Waals surface area contributed by atoms with Crippen LogP contribution in [0.2, 0.25) is 5.02 Å². The van der Waals surface area contributed by atoms with E-state index in [0.717, 1.165) is 33.4 Å². The molecule has 1 fully saturated rings. The number of nitrogen functional groups attached to an aromatic ring is 1. The van der Waals surface area contributed by atoms with Crippen molar-refractivity contribution in [2.24, 2.45) is 0 Å². The van der Waals surface area contributed by atoms with Gasteiger partial charge >= 0.3 is 0 Å². The molecule has 6 nitrogen and oxygen atoms in total. The molecule has 0 bridgehead atoms. The number of nitrogens with one attached hydrogen (secondary N) is 1. The first-order valence-electron chi connectivity index (χ1n) is 10.1. The molecule has 4 aromatic rings. The van der Waals surface area contributed by atoms with Gasteiger partial charge in [-0.15, -0.1) is 0 Å². The van der Waals surface area contributed by atoms with E-state index in [1.165, 1.54) is 0 Å². The Hall–Kier alpha value is -3.06. The van der Waals surface area contributed by atoms with E-state index >= 15 is 0 Å². The maximum Gasteiger partial charge on any atom is 0.193 e. The molecular formula is C24H22ClN3O3. The Bertz CT molecular complexity index is 1210. The number of H-pyrrole nitrogens is 1. The van der Waals surface area contributed by atoms with Gasteiger partial charge in [-0.1, -0.05) is 48.0 Å². The number of hydrogen-bond acceptors (Lipinski definition) is 5. The summed E-state index contributed by atoms with van der Waals surface area (Å²) in [7, 11) is 0. The third kappa shape index (κ3) is 4.10. The van der Waals surface area contributed by atoms with Crippen LogP contribution in [-0.4, -0.2) is 40.5 Å². The van der Waals surface area contributed by atoms with Crippen molar-refractivity contribution < 1.29 is 14.6 Å². The Morgan fingerprint density at radius 1 is 1.06 bits per heavy atom. The van der Waals surface area contributed by atoms with E-state index in [4.69, 9.17) is 31.8 Å². The van der Waals surface area contributed by atoms with Crippen molar-refractivity contribution >= 4 is 28.3 Å². The quantitative estimate of drug-likeness (QED) is 0.396. The predicted molar refractivity (Wildman–Crippen MR) is 122 cm³/mol. The van der Waals surface area contributed by atoms with Gasteiger partial charge in [0.2, 0.25) is 0 Å². The van der Waals surface area contributed by atoms with Gasteiger partial charge in [0, 0.05) is 23.7 Å². The van der Waals surface area contributed by atoms with Crippen LogP contribution in [0.1, 0.15) is 6.42 Å². The number of ether oxygens (including phenoxy) is 2. The molecule has 0 radical (unpaired) electrons. The molecule has 2 aromatic carbocycles. The molecule has 0 aliphatic carbocycles. The number of halogens is 1. The molecule has 0 saturated carbocycles. The lowest BCUT2D eigenvalue weighted by Crippen LogP contribution is -2.17. The maximum atomic E-state index is 9.21. The Kier molecular flexibility index (Phi) is 5.28. The summed E-state index contributed by atoms with van der Waals surface area (Å²) in [5.74, 6) is 0.613. The second-order valence-electron chi connectivity index (χ2n) is 7.70. The molecule has 5 rings (SSSR count). The monoisotopic (exact) mass is 435 g/mol. The molecular weight excluding hydrogens is 414 g/mol. The van der Waals surface area contributed by atoms with Crippen molar-refractivity contribution in [2.45, 2.75) is 18.6 Å². The van der Waals surface area contributed by atoms with E-state index in [0.29, 0.717) is 29.6 Å². The fraction of sp³-hybridized carbons (Fsp3) is 0.208. The minimum absolute atomic E-state index is 0.00417. The van der Waals surface area contributed by atoms with Crippen LogP contribution in [0.25, 0.3) is 33.4 Å². The van der Waals surface area contributed by atoms with Crippen molar-refractivity contribution in [1.29, 1.82) is 0 Å². The molecule has 0 amide bonds. The Morgan fingerprint density at radius 2 is 1.74 bits per heavy atom. The first-order valence-corrected chi connectivity index (χ1v) is 10.5. The van der Waals surface area contributed by atoms with Gasteiger partial charge in [0.15, 0.2) is 5.88 Å². The van der Waals surface area contributed by atoms with Gasteiger partial charge < -0.3 is 25.3 Å². The zero-order valence-electron chi connectivity index (χ0n) is 16.7. The number of hydrogen-bond donors (Lipinski definition) is 3. The number of benzene rings is 2. The Morgan fingerprint density at radius 3 is 2.42 bits per heavy atom. The molecule has 2 unspecified atom stereocenters. The van der Waals surface area contributed by atoms with Gasteiger partial charge in [-0.3, -0.25) is 0 Å². The highest BCUT2D eigenvalue weighted by Gasteiger charge is 2.27. The predicted octanol–water partition coefficient (Wildman–Crippen LogP) is 4.66. The number of aromatic amines is 1. The van der Waals surface area contributed by atoms with Crippen LogP contribution in [0, 0.1) is 0 Å². The number of nitrogens with zero attached hydrogens (tertiary/aromatic N) is 1. The van der Waals surface area contributed by atoms with E-state index in [-0.39, 0.29) is 18.8 Å². The summed E-state index contributed by atoms with van der Waals surface area (Å²) in [5.41, 5.74) is 11.9. The minimum Gasteiger partial charge on any atom is -0.473 e. The lowest BCUT2D eigenvalue weighted by atomic mass is 10.0. The van der Waals surface area contributed by atoms with Crippen molar-refractivity contribution in [3.8, 4) is 28.3 Å². The second kappa shape index (κ2) is 8.23. The van der Waals surface area contributed by atoms with Crippen LogP contribution in [-0.2, 0) is 4.74 Å². The molecule has 2 aromatic heterocycles. The van der Waals surface area contributed by atoms with Crippen molar-refractivity contribution in [3.63, 3.8) is 0 Å². The number of anilines is 1. The maximum absolute atomic E-state index is 9.21. The lowest BCUT2D eigenvalue weighted by molar-refractivity contribution is 0.0531. The highest BCUT2D eigenvalue weighted by atomic mass is 35.5. The fourth-order valence-corrected chi connectivity index (χ4v) is 4.09. The Balaban J connectivity index is 1.39. The minimum atomic E-state index is -0.162. The molecule has 2 atom stereocenters. The van der Waals surface area contributed by atoms with Gasteiger partial charge in [-0.05, 0) is 29.3 Å². The van der Waals surface area contributed by atoms with Gasteiger partial charge in [0.05, 0.1) is 41.1 Å². The highest BCUT2D eigenvalue weighted by Crippen LogP contribution is 2.33. The summed E-state index contributed by atoms with van der Waals surface area (Å²) in [6, 6.07) is 19.6. The topological polar surface area (TPSA) is 93.4 Å². The number of fused-ring (bicyclic) bond motifs is 1. The summed E-state index contributed by atoms with van der Waals surface area (Å²) in [4.78, 5) is 7.97. The third-order valence-corrected chi connectivity index (χ3v) is 5.76. The van der Waals surface area contributed by atoms with E-state index in [1.807, 2.05) is 60.7 Å². The van der Waals surface area contributed by atoms with Crippen molar-refractivity contribution in [1.82, 2.24) is 9.97 Å². The van der Waals surface area contributed by atoms with Crippen LogP contribution < -0.4 is 10.5 Å². The van der Waals surface area contributed by atoms with Crippen LogP contribution in [0.3, 0.4) is 0 Å². The van der Waals surface area contributed by atoms with E-state index < -0.39 is 0 Å². The van der Waals surface area contributed by atoms with Crippen LogP contribution in [0.15, 0.2) is 60.7 Å². The molecule has 158 valence electrons. The number of aliphatic hydroxyl groups excluding tert-OH is 1. The van der Waals surface area contributed by atoms with Crippen LogP contribution in [0.5, 0.6) is 5.88 Å². The smallest absolute Gasteiger partial charge is 0.193 e. The average Bonchev–Trinajstić information content (AvgIpc) is 3.40. The largest absolute Gasteiger partial charge is 0.473 e. The molecule has 7 heteroatoms. The van der Waals surface area contributed by atoms with Crippen LogP contribution >= 0.6 is 11.6 Å². The van der Waals surface area contributed by atoms with E-state index in [2.05, 4.69) is 4.98 Å². The highest BCUT2D eigenvalue weighted by molar-refractivity contribution is 6.33. The third-order valence-electron chi connectivity index (χ3n) is 5.47. The van der Waals surface area contributed by atoms with Gasteiger partial charge in [0.25, 0.3) is 0 Å². The molecule has 0 spiro atoms. The number of aromatic nitrogens is 2. The Labute approximate surface area is 184 Å². The number of aliphatic hydroxyl groups is 1. The normalized spacial score (nSPS) is 18.5. The fourth-order valence-electron chi connectivity index (χ4n) is 3.83. The lowest BCUT2D eigenvalue weighted by Gasteiger charge is -2.09. The van der Waals surface area contributed by atoms with Crippen LogP contribution in [0.4, 0.5) is 5.69 Å². The first kappa shape index (κ1) is 19.9. The van der Waals surface area contributed by atoms with Gasteiger partial charge in [-0.2, -0.15) is 0 Å². The number of pyridine rings is 1. The average molecular weight is 436 g/mol. The van der Waals surface area contributed by atoms with E-state index in [9.17, 15) is 5.11 Å². The summed E-state index contributed by atoms with van der Waals surface area (Å²) in [5, 5.41) is 9.77. The van der Waals surface area contributed by atoms with Gasteiger partial charge in [-0.25, -0.2) is 4.98 Å². The van der Waals surface area contributed by atoms with Gasteiger partial charge in [0.1, 0.15) is 6.10 Å². The van der Waals surface area contributed by atoms with Crippen molar-refractivity contribution in [3.05, 3.63) is 65.7 Å². The number of nitrogens with two attached hydrogens (primary N) is 1. The number of rotatable bonds is 5. The standard InChI is InChI=1S/C24H22ClN3O3/c25-20-10-21-22(11-23(27-21)31-19-9-18(12-29)30-13-19)28-24(20)16-3-1-14(2-4-16)15-5-7-17(26)8-6-15/h1-8,10-11,18-19,27,29H,9,12-13,26H2. The van der Waals surface area contributed by atoms with E-state index in [1.54, 1.807) is 0 Å². The molecule has 3 heterocycles. The molecule has 31 heavy (non-hydrogen) atoms. The molecule has 1 aliphatic rings. The summed E-state index contributed by atoms with van der Waals surface area (Å²) in [6.07, 6.45) is 0.400. The molecule has 1 aliphatic heterocycles. The second-order valence-corrected chi connectivity index (χ2v) is 8.11. The summed E-state index contributed by atoms with van der Waals surface area (Å²) >= 11 is 6.54. The summed E-state index contributed by atoms with van der Waals surface area (Å²) in [6.45, 7) is 0.463. The SMILES string of the molecule is Nc1ccc(-c2ccc(-c3nc4cc(OC5COC(CO)C5)[nH]c4cc3Cl)cc2)cc1. The van der Waals surface area contributed by atoms with Crippen molar-refractivity contribution in [2.75, 3.05) is 18.9 Å². The summed E-state index contributed by atoms with van der Waals surface area (Å²) < 4.78 is 11.4. The first-order chi connectivity index (χ1) is 15.1. The molecule has 1 saturated heterocycles. The molecule has 4 N–H and O–H groups in total. The zero-order valence-corrected chi connectivity index (χ0v) is 17.5. The zero-order chi connectivity index (χ0) is 21.4.